The summed E-state index contributed by atoms with van der Waals surface area (Å²) >= 11 is 0. The number of alkyl halides is 5. The van der Waals surface area contributed by atoms with Crippen molar-refractivity contribution in [2.45, 2.75) is 12.6 Å². The van der Waals surface area contributed by atoms with Crippen molar-refractivity contribution in [1.82, 2.24) is 4.98 Å². The summed E-state index contributed by atoms with van der Waals surface area (Å²) in [5.41, 5.74) is -3.54. The van der Waals surface area contributed by atoms with Gasteiger partial charge in [0, 0.05) is 6.20 Å². The lowest BCUT2D eigenvalue weighted by Gasteiger charge is -2.15. The first-order valence-electron chi connectivity index (χ1n) is 4.15. The number of rotatable bonds is 2. The summed E-state index contributed by atoms with van der Waals surface area (Å²) in [5.74, 6) is -1.12. The van der Waals surface area contributed by atoms with E-state index in [0.717, 1.165) is 7.11 Å². The summed E-state index contributed by atoms with van der Waals surface area (Å²) in [6, 6.07) is 1.24. The quantitative estimate of drug-likeness (QED) is 0.760. The molecule has 0 aliphatic carbocycles. The molecule has 8 heteroatoms. The first kappa shape index (κ1) is 13.2. The minimum Gasteiger partial charge on any atom is -0.494 e. The van der Waals surface area contributed by atoms with Crippen LogP contribution in [-0.4, -0.2) is 12.1 Å². The number of hydrogen-bond acceptors (Lipinski definition) is 3. The molecule has 0 fully saturated rings. The SMILES string of the molecule is COc1c(C(F)F)ncc(C#N)c1C(F)(F)F. The van der Waals surface area contributed by atoms with E-state index >= 15 is 0 Å². The van der Waals surface area contributed by atoms with Crippen LogP contribution >= 0.6 is 0 Å². The zero-order valence-corrected chi connectivity index (χ0v) is 8.35. The maximum atomic E-state index is 12.6. The van der Waals surface area contributed by atoms with Crippen LogP contribution in [0, 0.1) is 11.3 Å². The second kappa shape index (κ2) is 4.53. The Kier molecular flexibility index (Phi) is 3.50. The van der Waals surface area contributed by atoms with Crippen LogP contribution in [0.3, 0.4) is 0 Å². The molecular weight excluding hydrogens is 247 g/mol. The molecule has 0 atom stereocenters. The van der Waals surface area contributed by atoms with Gasteiger partial charge in [-0.25, -0.2) is 13.8 Å². The van der Waals surface area contributed by atoms with Gasteiger partial charge >= 0.3 is 6.18 Å². The molecule has 0 amide bonds. The van der Waals surface area contributed by atoms with E-state index < -0.39 is 35.2 Å². The third-order valence-corrected chi connectivity index (χ3v) is 1.88. The Morgan fingerprint density at radius 1 is 1.41 bits per heavy atom. The highest BCUT2D eigenvalue weighted by Gasteiger charge is 2.40. The van der Waals surface area contributed by atoms with Gasteiger partial charge in [-0.05, 0) is 0 Å². The summed E-state index contributed by atoms with van der Waals surface area (Å²) in [4.78, 5) is 3.10. The number of halogens is 5. The van der Waals surface area contributed by atoms with Gasteiger partial charge in [-0.1, -0.05) is 0 Å². The topological polar surface area (TPSA) is 45.9 Å². The standard InChI is InChI=1S/C9H5F5N2O/c1-17-7-5(9(12,13)14)4(2-15)3-16-6(7)8(10)11/h3,8H,1H3. The van der Waals surface area contributed by atoms with Gasteiger partial charge in [0.25, 0.3) is 6.43 Å². The number of aromatic nitrogens is 1. The molecule has 0 unspecified atom stereocenters. The molecular formula is C9H5F5N2O. The lowest BCUT2D eigenvalue weighted by atomic mass is 10.1. The molecule has 92 valence electrons. The van der Waals surface area contributed by atoms with Crippen molar-refractivity contribution in [1.29, 1.82) is 5.26 Å². The maximum Gasteiger partial charge on any atom is 0.421 e. The minimum absolute atomic E-state index is 0.451. The average Bonchev–Trinajstić information content (AvgIpc) is 2.25. The van der Waals surface area contributed by atoms with Gasteiger partial charge < -0.3 is 4.74 Å². The molecule has 0 spiro atoms. The first-order valence-corrected chi connectivity index (χ1v) is 4.15. The fraction of sp³-hybridized carbons (Fsp3) is 0.333. The fourth-order valence-electron chi connectivity index (χ4n) is 1.24. The van der Waals surface area contributed by atoms with Crippen LogP contribution in [0.15, 0.2) is 6.20 Å². The third-order valence-electron chi connectivity index (χ3n) is 1.88. The highest BCUT2D eigenvalue weighted by molar-refractivity contribution is 5.49. The van der Waals surface area contributed by atoms with Crippen molar-refractivity contribution in [3.8, 4) is 11.8 Å². The number of ether oxygens (including phenoxy) is 1. The molecule has 17 heavy (non-hydrogen) atoms. The van der Waals surface area contributed by atoms with Crippen LogP contribution in [0.25, 0.3) is 0 Å². The van der Waals surface area contributed by atoms with Crippen LogP contribution in [0.2, 0.25) is 0 Å². The highest BCUT2D eigenvalue weighted by atomic mass is 19.4. The largest absolute Gasteiger partial charge is 0.494 e. The smallest absolute Gasteiger partial charge is 0.421 e. The van der Waals surface area contributed by atoms with E-state index in [9.17, 15) is 22.0 Å². The zero-order chi connectivity index (χ0) is 13.2. The first-order chi connectivity index (χ1) is 7.82. The van der Waals surface area contributed by atoms with Gasteiger partial charge in [0.05, 0.1) is 12.7 Å². The normalized spacial score (nSPS) is 11.4. The van der Waals surface area contributed by atoms with Crippen molar-refractivity contribution in [3.05, 3.63) is 23.0 Å². The molecule has 0 N–H and O–H groups in total. The molecule has 0 bridgehead atoms. The Bertz CT molecular complexity index is 464. The Balaban J connectivity index is 3.63. The summed E-state index contributed by atoms with van der Waals surface area (Å²) < 4.78 is 67.0. The molecule has 0 aliphatic heterocycles. The summed E-state index contributed by atoms with van der Waals surface area (Å²) in [5, 5.41) is 8.50. The molecule has 1 rings (SSSR count). The van der Waals surface area contributed by atoms with Crippen molar-refractivity contribution in [3.63, 3.8) is 0 Å². The van der Waals surface area contributed by atoms with Crippen LogP contribution in [0.1, 0.15) is 23.2 Å². The van der Waals surface area contributed by atoms with E-state index in [1.165, 1.54) is 6.07 Å². The Morgan fingerprint density at radius 3 is 2.35 bits per heavy atom. The summed E-state index contributed by atoms with van der Waals surface area (Å²) in [7, 11) is 0.805. The molecule has 0 saturated heterocycles. The molecule has 1 aromatic rings. The van der Waals surface area contributed by atoms with Crippen molar-refractivity contribution in [2.75, 3.05) is 7.11 Å². The number of methoxy groups -OCH3 is 1. The lowest BCUT2D eigenvalue weighted by molar-refractivity contribution is -0.139. The molecule has 0 aromatic carbocycles. The van der Waals surface area contributed by atoms with E-state index in [0.29, 0.717) is 6.20 Å². The third kappa shape index (κ3) is 2.43. The fourth-order valence-corrected chi connectivity index (χ4v) is 1.24. The van der Waals surface area contributed by atoms with E-state index in [2.05, 4.69) is 9.72 Å². The van der Waals surface area contributed by atoms with Gasteiger partial charge in [-0.2, -0.15) is 18.4 Å². The number of nitriles is 1. The van der Waals surface area contributed by atoms with Gasteiger partial charge in [-0.15, -0.1) is 0 Å². The number of nitrogens with zero attached hydrogens (tertiary/aromatic N) is 2. The monoisotopic (exact) mass is 252 g/mol. The second-order valence-corrected chi connectivity index (χ2v) is 2.88. The van der Waals surface area contributed by atoms with Gasteiger partial charge in [0.2, 0.25) is 0 Å². The van der Waals surface area contributed by atoms with E-state index in [1.54, 1.807) is 0 Å². The maximum absolute atomic E-state index is 12.6. The Morgan fingerprint density at radius 2 is 2.00 bits per heavy atom. The van der Waals surface area contributed by atoms with Crippen LogP contribution in [0.5, 0.6) is 5.75 Å². The van der Waals surface area contributed by atoms with Crippen molar-refractivity contribution < 1.29 is 26.7 Å². The minimum atomic E-state index is -4.97. The van der Waals surface area contributed by atoms with Gasteiger partial charge in [0.1, 0.15) is 17.3 Å². The van der Waals surface area contributed by atoms with Crippen LogP contribution in [-0.2, 0) is 6.18 Å². The van der Waals surface area contributed by atoms with E-state index in [1.807, 2.05) is 0 Å². The van der Waals surface area contributed by atoms with Gasteiger partial charge in [0.15, 0.2) is 5.75 Å². The molecule has 1 heterocycles. The predicted octanol–water partition coefficient (Wildman–Crippen LogP) is 2.92. The number of hydrogen-bond donors (Lipinski definition) is 0. The average molecular weight is 252 g/mol. The highest BCUT2D eigenvalue weighted by Crippen LogP contribution is 2.41. The van der Waals surface area contributed by atoms with E-state index in [4.69, 9.17) is 5.26 Å². The molecule has 0 radical (unpaired) electrons. The lowest BCUT2D eigenvalue weighted by Crippen LogP contribution is -2.13. The summed E-state index contributed by atoms with van der Waals surface area (Å²) in [6.45, 7) is 0. The van der Waals surface area contributed by atoms with Crippen molar-refractivity contribution in [2.24, 2.45) is 0 Å². The Labute approximate surface area is 92.4 Å². The molecule has 1 aromatic heterocycles. The molecule has 0 aliphatic rings. The van der Waals surface area contributed by atoms with Crippen molar-refractivity contribution >= 4 is 0 Å². The second-order valence-electron chi connectivity index (χ2n) is 2.88. The Hall–Kier alpha value is -1.91. The summed E-state index contributed by atoms with van der Waals surface area (Å²) in [6.07, 6.45) is -7.74. The predicted molar refractivity (Wildman–Crippen MR) is 45.5 cm³/mol. The molecule has 3 nitrogen and oxygen atoms in total. The number of pyridine rings is 1. The van der Waals surface area contributed by atoms with Crippen LogP contribution in [0.4, 0.5) is 22.0 Å². The van der Waals surface area contributed by atoms with Crippen LogP contribution < -0.4 is 4.74 Å². The van der Waals surface area contributed by atoms with Gasteiger partial charge in [-0.3, -0.25) is 0 Å². The van der Waals surface area contributed by atoms with E-state index in [-0.39, 0.29) is 0 Å². The zero-order valence-electron chi connectivity index (χ0n) is 8.35. The molecule has 0 saturated carbocycles.